The molecule has 0 saturated carbocycles. The van der Waals surface area contributed by atoms with E-state index in [0.717, 1.165) is 28.0 Å². The molecule has 0 atom stereocenters. The number of amides is 2. The zero-order chi connectivity index (χ0) is 32.2. The molecule has 46 heavy (non-hydrogen) atoms. The topological polar surface area (TPSA) is 46.6 Å². The molecule has 0 saturated heterocycles. The van der Waals surface area contributed by atoms with Crippen molar-refractivity contribution in [2.24, 2.45) is 0 Å². The first-order valence-corrected chi connectivity index (χ1v) is 15.7. The molecular weight excluding hydrogens is 566 g/mol. The summed E-state index contributed by atoms with van der Waals surface area (Å²) in [6, 6.07) is 41.0. The molecule has 0 aliphatic carbocycles. The van der Waals surface area contributed by atoms with E-state index in [1.807, 2.05) is 121 Å². The average Bonchev–Trinajstić information content (AvgIpc) is 3.33. The quantitative estimate of drug-likeness (QED) is 0.124. The maximum Gasteiger partial charge on any atom is 0.266 e. The van der Waals surface area contributed by atoms with Gasteiger partial charge in [-0.1, -0.05) is 143 Å². The average molecular weight is 604 g/mol. The lowest BCUT2D eigenvalue weighted by atomic mass is 9.91. The Bertz CT molecular complexity index is 1890. The van der Waals surface area contributed by atoms with Gasteiger partial charge in [0.25, 0.3) is 11.8 Å². The zero-order valence-corrected chi connectivity index (χ0v) is 26.6. The van der Waals surface area contributed by atoms with Crippen molar-refractivity contribution in [1.82, 2.24) is 0 Å². The van der Waals surface area contributed by atoms with E-state index in [2.05, 4.69) is 45.9 Å². The van der Waals surface area contributed by atoms with E-state index < -0.39 is 0 Å². The monoisotopic (exact) mass is 603 g/mol. The predicted octanol–water partition coefficient (Wildman–Crippen LogP) is 10.4. The summed E-state index contributed by atoms with van der Waals surface area (Å²) >= 11 is 0. The Labute approximate surface area is 271 Å². The molecule has 1 heterocycles. The van der Waals surface area contributed by atoms with Crippen molar-refractivity contribution < 1.29 is 14.3 Å². The van der Waals surface area contributed by atoms with Crippen molar-refractivity contribution in [2.45, 2.75) is 39.5 Å². The van der Waals surface area contributed by atoms with Gasteiger partial charge in [0.2, 0.25) is 0 Å². The molecular formula is C42H37NO3. The van der Waals surface area contributed by atoms with Crippen LogP contribution in [0.4, 0.5) is 5.69 Å². The Balaban J connectivity index is 1.44. The molecule has 0 unspecified atom stereocenters. The highest BCUT2D eigenvalue weighted by Gasteiger charge is 2.42. The van der Waals surface area contributed by atoms with Crippen molar-refractivity contribution >= 4 is 40.8 Å². The van der Waals surface area contributed by atoms with Gasteiger partial charge in [-0.3, -0.25) is 9.59 Å². The lowest BCUT2D eigenvalue weighted by Crippen LogP contribution is -2.33. The number of hydrogen-bond donors (Lipinski definition) is 0. The molecule has 1 aliphatic heterocycles. The fourth-order valence-corrected chi connectivity index (χ4v) is 5.87. The number of para-hydroxylation sites is 2. The van der Waals surface area contributed by atoms with Crippen LogP contribution in [0.25, 0.3) is 23.3 Å². The molecule has 2 amide bonds. The molecule has 0 N–H and O–H groups in total. The summed E-state index contributed by atoms with van der Waals surface area (Å²) in [6.07, 6.45) is 4.10. The third-order valence-corrected chi connectivity index (χ3v) is 8.24. The predicted molar refractivity (Wildman–Crippen MR) is 189 cm³/mol. The van der Waals surface area contributed by atoms with Gasteiger partial charge in [-0.2, -0.15) is 0 Å². The summed E-state index contributed by atoms with van der Waals surface area (Å²) in [7, 11) is 0. The van der Waals surface area contributed by atoms with Gasteiger partial charge in [0.15, 0.2) is 0 Å². The van der Waals surface area contributed by atoms with Gasteiger partial charge in [-0.15, -0.1) is 0 Å². The molecule has 6 rings (SSSR count). The normalized spacial score (nSPS) is 13.5. The summed E-state index contributed by atoms with van der Waals surface area (Å²) in [5, 5.41) is 0. The third kappa shape index (κ3) is 6.20. The maximum absolute atomic E-state index is 14.6. The molecule has 228 valence electrons. The number of anilines is 1. The molecule has 0 fully saturated rings. The van der Waals surface area contributed by atoms with Crippen LogP contribution >= 0.6 is 0 Å². The van der Waals surface area contributed by atoms with Crippen LogP contribution in [-0.4, -0.2) is 11.8 Å². The highest BCUT2D eigenvalue weighted by Crippen LogP contribution is 2.44. The fourth-order valence-electron chi connectivity index (χ4n) is 5.87. The Morgan fingerprint density at radius 1 is 0.500 bits per heavy atom. The van der Waals surface area contributed by atoms with Crippen LogP contribution in [0.1, 0.15) is 72.9 Å². The molecule has 4 heteroatoms. The van der Waals surface area contributed by atoms with Gasteiger partial charge in [-0.05, 0) is 69.5 Å². The van der Waals surface area contributed by atoms with Crippen molar-refractivity contribution in [3.05, 3.63) is 161 Å². The molecule has 0 bridgehead atoms. The molecule has 5 aromatic rings. The standard InChI is InChI=1S/C42H37NO3/c1-28(2)36-16-11-17-37(29(3)4)40(36)43-41(44)38(32-22-20-31(21-23-32)19-18-30-12-7-5-8-13-30)39(42(43)45)33-24-26-35(27-25-33)46-34-14-9-6-10-15-34/h5-29H,1-4H3. The number of carbonyl (C=O) groups excluding carboxylic acids is 2. The fraction of sp³-hybridized carbons (Fsp3) is 0.143. The second kappa shape index (κ2) is 13.3. The van der Waals surface area contributed by atoms with Crippen molar-refractivity contribution in [2.75, 3.05) is 4.90 Å². The van der Waals surface area contributed by atoms with E-state index in [-0.39, 0.29) is 23.7 Å². The summed E-state index contributed by atoms with van der Waals surface area (Å²) in [4.78, 5) is 30.5. The highest BCUT2D eigenvalue weighted by atomic mass is 16.5. The van der Waals surface area contributed by atoms with Crippen LogP contribution in [-0.2, 0) is 9.59 Å². The van der Waals surface area contributed by atoms with E-state index in [1.165, 1.54) is 4.90 Å². The Hall–Kier alpha value is -5.48. The van der Waals surface area contributed by atoms with Crippen molar-refractivity contribution in [3.8, 4) is 11.5 Å². The van der Waals surface area contributed by atoms with Gasteiger partial charge in [0.1, 0.15) is 11.5 Å². The molecule has 0 aromatic heterocycles. The van der Waals surface area contributed by atoms with Crippen LogP contribution in [0.5, 0.6) is 11.5 Å². The molecule has 0 spiro atoms. The van der Waals surface area contributed by atoms with E-state index in [0.29, 0.717) is 33.7 Å². The van der Waals surface area contributed by atoms with Crippen LogP contribution in [0.3, 0.4) is 0 Å². The molecule has 0 radical (unpaired) electrons. The molecule has 5 aromatic carbocycles. The van der Waals surface area contributed by atoms with E-state index in [4.69, 9.17) is 4.74 Å². The highest BCUT2D eigenvalue weighted by molar-refractivity contribution is 6.57. The van der Waals surface area contributed by atoms with Crippen LogP contribution < -0.4 is 9.64 Å². The Kier molecular flexibility index (Phi) is 8.80. The number of benzene rings is 5. The Morgan fingerprint density at radius 2 is 0.935 bits per heavy atom. The largest absolute Gasteiger partial charge is 0.457 e. The number of ether oxygens (including phenoxy) is 1. The van der Waals surface area contributed by atoms with Gasteiger partial charge in [-0.25, -0.2) is 4.90 Å². The van der Waals surface area contributed by atoms with Crippen LogP contribution in [0.2, 0.25) is 0 Å². The van der Waals surface area contributed by atoms with E-state index in [9.17, 15) is 9.59 Å². The number of hydrogen-bond acceptors (Lipinski definition) is 3. The first kappa shape index (κ1) is 30.5. The summed E-state index contributed by atoms with van der Waals surface area (Å²) in [5.74, 6) is 0.972. The smallest absolute Gasteiger partial charge is 0.266 e. The van der Waals surface area contributed by atoms with Gasteiger partial charge < -0.3 is 4.74 Å². The second-order valence-corrected chi connectivity index (χ2v) is 12.1. The van der Waals surface area contributed by atoms with E-state index >= 15 is 0 Å². The number of nitrogens with zero attached hydrogens (tertiary/aromatic N) is 1. The minimum Gasteiger partial charge on any atom is -0.457 e. The lowest BCUT2D eigenvalue weighted by molar-refractivity contribution is -0.119. The van der Waals surface area contributed by atoms with Gasteiger partial charge >= 0.3 is 0 Å². The summed E-state index contributed by atoms with van der Waals surface area (Å²) in [6.45, 7) is 8.37. The number of imide groups is 1. The molecule has 4 nitrogen and oxygen atoms in total. The first-order valence-electron chi connectivity index (χ1n) is 15.7. The van der Waals surface area contributed by atoms with Crippen molar-refractivity contribution in [1.29, 1.82) is 0 Å². The SMILES string of the molecule is CC(C)c1cccc(C(C)C)c1N1C(=O)C(c2ccc(C=Cc3ccccc3)cc2)=C(c2ccc(Oc3ccccc3)cc2)C1=O. The third-order valence-electron chi connectivity index (χ3n) is 8.24. The molecule has 1 aliphatic rings. The van der Waals surface area contributed by atoms with E-state index in [1.54, 1.807) is 0 Å². The van der Waals surface area contributed by atoms with Gasteiger partial charge in [0, 0.05) is 0 Å². The van der Waals surface area contributed by atoms with Crippen molar-refractivity contribution in [3.63, 3.8) is 0 Å². The maximum atomic E-state index is 14.6. The van der Waals surface area contributed by atoms with Crippen LogP contribution in [0.15, 0.2) is 127 Å². The Morgan fingerprint density at radius 3 is 1.43 bits per heavy atom. The van der Waals surface area contributed by atoms with Crippen LogP contribution in [0, 0.1) is 0 Å². The minimum absolute atomic E-state index is 0.118. The summed E-state index contributed by atoms with van der Waals surface area (Å²) < 4.78 is 6.01. The summed E-state index contributed by atoms with van der Waals surface area (Å²) in [5.41, 5.74) is 6.89. The lowest BCUT2D eigenvalue weighted by Gasteiger charge is -2.26. The number of rotatable bonds is 9. The zero-order valence-electron chi connectivity index (χ0n) is 26.6. The number of carbonyl (C=O) groups is 2. The van der Waals surface area contributed by atoms with Gasteiger partial charge in [0.05, 0.1) is 16.8 Å². The second-order valence-electron chi connectivity index (χ2n) is 12.1. The first-order chi connectivity index (χ1) is 22.3. The minimum atomic E-state index is -0.320.